The Morgan fingerprint density at radius 3 is 2.43 bits per heavy atom. The topological polar surface area (TPSA) is 118 Å². The van der Waals surface area contributed by atoms with Crippen LogP contribution in [0.1, 0.15) is 10.5 Å². The summed E-state index contributed by atoms with van der Waals surface area (Å²) in [7, 11) is 1.72. The maximum Gasteiger partial charge on any atom is 0.290 e. The van der Waals surface area contributed by atoms with E-state index in [1.54, 1.807) is 7.05 Å². The van der Waals surface area contributed by atoms with Crippen molar-refractivity contribution < 1.29 is 14.7 Å². The smallest absolute Gasteiger partial charge is 0.290 e. The molecule has 1 aromatic rings. The number of hydrogen-bond acceptors (Lipinski definition) is 5. The van der Waals surface area contributed by atoms with Crippen LogP contribution in [0, 0.1) is 0 Å². The Balaban J connectivity index is 0.000000500. The van der Waals surface area contributed by atoms with Crippen LogP contribution in [0.15, 0.2) is 12.4 Å². The van der Waals surface area contributed by atoms with Crippen LogP contribution in [-0.4, -0.2) is 34.5 Å². The van der Waals surface area contributed by atoms with E-state index in [1.807, 2.05) is 0 Å². The van der Waals surface area contributed by atoms with Crippen molar-refractivity contribution in [3.63, 3.8) is 0 Å². The van der Waals surface area contributed by atoms with Crippen molar-refractivity contribution in [1.82, 2.24) is 9.97 Å². The van der Waals surface area contributed by atoms with E-state index in [1.165, 1.54) is 12.4 Å². The number of amides is 1. The van der Waals surface area contributed by atoms with Crippen LogP contribution >= 0.6 is 0 Å². The first-order valence-corrected chi connectivity index (χ1v) is 3.53. The molecule has 7 heteroatoms. The summed E-state index contributed by atoms with van der Waals surface area (Å²) in [5.74, 6) is 0.0372. The first kappa shape index (κ1) is 11.8. The molecule has 0 saturated heterocycles. The van der Waals surface area contributed by atoms with Crippen LogP contribution in [0.5, 0.6) is 0 Å². The van der Waals surface area contributed by atoms with E-state index in [4.69, 9.17) is 15.6 Å². The van der Waals surface area contributed by atoms with Gasteiger partial charge in [0, 0.05) is 7.05 Å². The molecule has 1 rings (SSSR count). The molecule has 0 saturated carbocycles. The lowest BCUT2D eigenvalue weighted by molar-refractivity contribution is -0.122. The lowest BCUT2D eigenvalue weighted by Gasteiger charge is -1.97. The minimum absolute atomic E-state index is 0.170. The zero-order valence-corrected chi connectivity index (χ0v) is 7.47. The zero-order valence-electron chi connectivity index (χ0n) is 7.47. The molecular formula is C7H10N4O3. The first-order chi connectivity index (χ1) is 6.65. The number of nitrogens with two attached hydrogens (primary N) is 1. The molecule has 0 aliphatic rings. The Bertz CT molecular complexity index is 298. The van der Waals surface area contributed by atoms with Crippen molar-refractivity contribution in [2.24, 2.45) is 5.73 Å². The molecule has 0 aliphatic heterocycles. The van der Waals surface area contributed by atoms with E-state index in [9.17, 15) is 4.79 Å². The Kier molecular flexibility index (Phi) is 5.36. The SMILES string of the molecule is CNc1cnc(C(N)=O)cn1.O=CO. The van der Waals surface area contributed by atoms with Gasteiger partial charge in [0.1, 0.15) is 11.5 Å². The highest BCUT2D eigenvalue weighted by Gasteiger charge is 2.00. The average molecular weight is 198 g/mol. The number of rotatable bonds is 2. The molecule has 0 fully saturated rings. The number of nitrogens with zero attached hydrogens (tertiary/aromatic N) is 2. The Morgan fingerprint density at radius 1 is 1.57 bits per heavy atom. The molecule has 1 heterocycles. The highest BCUT2D eigenvalue weighted by Crippen LogP contribution is 1.97. The van der Waals surface area contributed by atoms with Crippen molar-refractivity contribution in [1.29, 1.82) is 0 Å². The van der Waals surface area contributed by atoms with E-state index in [0.29, 0.717) is 5.82 Å². The molecule has 0 spiro atoms. The van der Waals surface area contributed by atoms with Gasteiger partial charge >= 0.3 is 0 Å². The lowest BCUT2D eigenvalue weighted by atomic mass is 10.4. The maximum atomic E-state index is 10.5. The molecule has 0 unspecified atom stereocenters. The molecular weight excluding hydrogens is 188 g/mol. The Hall–Kier alpha value is -2.18. The lowest BCUT2D eigenvalue weighted by Crippen LogP contribution is -2.13. The maximum absolute atomic E-state index is 10.5. The highest BCUT2D eigenvalue weighted by atomic mass is 16.3. The van der Waals surface area contributed by atoms with Gasteiger partial charge in [-0.2, -0.15) is 0 Å². The van der Waals surface area contributed by atoms with E-state index >= 15 is 0 Å². The van der Waals surface area contributed by atoms with Crippen LogP contribution in [0.2, 0.25) is 0 Å². The van der Waals surface area contributed by atoms with Gasteiger partial charge in [-0.1, -0.05) is 0 Å². The number of anilines is 1. The number of carboxylic acid groups (broad SMARTS) is 1. The van der Waals surface area contributed by atoms with E-state index < -0.39 is 5.91 Å². The van der Waals surface area contributed by atoms with Gasteiger partial charge in [0.25, 0.3) is 12.4 Å². The van der Waals surface area contributed by atoms with Gasteiger partial charge in [0.05, 0.1) is 12.4 Å². The summed E-state index contributed by atoms with van der Waals surface area (Å²) in [5, 5.41) is 9.66. The third kappa shape index (κ3) is 4.00. The van der Waals surface area contributed by atoms with E-state index in [2.05, 4.69) is 15.3 Å². The molecule has 4 N–H and O–H groups in total. The molecule has 7 nitrogen and oxygen atoms in total. The van der Waals surface area contributed by atoms with Crippen LogP contribution < -0.4 is 11.1 Å². The summed E-state index contributed by atoms with van der Waals surface area (Å²) >= 11 is 0. The fourth-order valence-corrected chi connectivity index (χ4v) is 0.584. The molecule has 1 amide bonds. The van der Waals surface area contributed by atoms with Crippen LogP contribution in [0.25, 0.3) is 0 Å². The third-order valence-corrected chi connectivity index (χ3v) is 1.16. The number of hydrogen-bond donors (Lipinski definition) is 3. The second-order valence-corrected chi connectivity index (χ2v) is 2.01. The number of primary amides is 1. The number of aromatic nitrogens is 2. The van der Waals surface area contributed by atoms with Crippen molar-refractivity contribution in [3.05, 3.63) is 18.1 Å². The molecule has 76 valence electrons. The first-order valence-electron chi connectivity index (χ1n) is 3.53. The van der Waals surface area contributed by atoms with E-state index in [-0.39, 0.29) is 12.2 Å². The fraction of sp³-hybridized carbons (Fsp3) is 0.143. The molecule has 0 atom stereocenters. The minimum Gasteiger partial charge on any atom is -0.483 e. The summed E-state index contributed by atoms with van der Waals surface area (Å²) in [5.41, 5.74) is 5.11. The van der Waals surface area contributed by atoms with Gasteiger partial charge in [-0.05, 0) is 0 Å². The van der Waals surface area contributed by atoms with Gasteiger partial charge < -0.3 is 16.2 Å². The molecule has 1 aromatic heterocycles. The van der Waals surface area contributed by atoms with Crippen LogP contribution in [0.4, 0.5) is 5.82 Å². The van der Waals surface area contributed by atoms with Crippen molar-refractivity contribution >= 4 is 18.2 Å². The zero-order chi connectivity index (χ0) is 11.0. The van der Waals surface area contributed by atoms with Crippen LogP contribution in [-0.2, 0) is 4.79 Å². The minimum atomic E-state index is -0.569. The summed E-state index contributed by atoms with van der Waals surface area (Å²) in [4.78, 5) is 26.5. The molecule has 0 aromatic carbocycles. The Labute approximate surface area is 80.0 Å². The predicted octanol–water partition coefficient (Wildman–Crippen LogP) is -0.682. The largest absolute Gasteiger partial charge is 0.483 e. The van der Waals surface area contributed by atoms with Crippen molar-refractivity contribution in [2.45, 2.75) is 0 Å². The summed E-state index contributed by atoms with van der Waals surface area (Å²) in [6, 6.07) is 0. The van der Waals surface area contributed by atoms with Gasteiger partial charge in [-0.25, -0.2) is 9.97 Å². The average Bonchev–Trinajstić information content (AvgIpc) is 2.19. The molecule has 14 heavy (non-hydrogen) atoms. The van der Waals surface area contributed by atoms with Gasteiger partial charge in [0.15, 0.2) is 0 Å². The predicted molar refractivity (Wildman–Crippen MR) is 48.8 cm³/mol. The summed E-state index contributed by atoms with van der Waals surface area (Å²) in [6.07, 6.45) is 2.77. The summed E-state index contributed by atoms with van der Waals surface area (Å²) < 4.78 is 0. The van der Waals surface area contributed by atoms with Gasteiger partial charge in [-0.3, -0.25) is 9.59 Å². The second kappa shape index (κ2) is 6.35. The molecule has 0 bridgehead atoms. The number of carbonyl (C=O) groups excluding carboxylic acids is 1. The third-order valence-electron chi connectivity index (χ3n) is 1.16. The van der Waals surface area contributed by atoms with E-state index in [0.717, 1.165) is 0 Å². The number of nitrogens with one attached hydrogen (secondary N) is 1. The summed E-state index contributed by atoms with van der Waals surface area (Å²) in [6.45, 7) is -0.250. The van der Waals surface area contributed by atoms with Crippen molar-refractivity contribution in [3.8, 4) is 0 Å². The second-order valence-electron chi connectivity index (χ2n) is 2.01. The van der Waals surface area contributed by atoms with Crippen LogP contribution in [0.3, 0.4) is 0 Å². The Morgan fingerprint density at radius 2 is 2.14 bits per heavy atom. The van der Waals surface area contributed by atoms with Gasteiger partial charge in [-0.15, -0.1) is 0 Å². The quantitative estimate of drug-likeness (QED) is 0.541. The standard InChI is InChI=1S/C6H8N4O.CH2O2/c1-8-5-3-9-4(2-10-5)6(7)11;2-1-3/h2-3H,1H3,(H2,7,11)(H,8,10);1H,(H,2,3). The van der Waals surface area contributed by atoms with Gasteiger partial charge in [0.2, 0.25) is 0 Å². The molecule has 0 aliphatic carbocycles. The van der Waals surface area contributed by atoms with Crippen molar-refractivity contribution in [2.75, 3.05) is 12.4 Å². The highest BCUT2D eigenvalue weighted by molar-refractivity contribution is 5.90. The molecule has 0 radical (unpaired) electrons. The normalized spacial score (nSPS) is 8.07. The number of carbonyl (C=O) groups is 2. The monoisotopic (exact) mass is 198 g/mol. The fourth-order valence-electron chi connectivity index (χ4n) is 0.584.